The van der Waals surface area contributed by atoms with Crippen molar-refractivity contribution in [3.05, 3.63) is 0 Å². The first kappa shape index (κ1) is 15.3. The summed E-state index contributed by atoms with van der Waals surface area (Å²) in [5.74, 6) is 0.525. The van der Waals surface area contributed by atoms with Crippen LogP contribution in [-0.2, 0) is 0 Å². The average Bonchev–Trinajstić information content (AvgIpc) is 2.38. The quantitative estimate of drug-likeness (QED) is 0.817. The molecule has 1 rings (SSSR count). The molecule has 0 spiro atoms. The summed E-state index contributed by atoms with van der Waals surface area (Å²) in [5, 5.41) is 3.29. The predicted octanol–water partition coefficient (Wildman–Crippen LogP) is 2.16. The Morgan fingerprint density at radius 3 is 2.22 bits per heavy atom. The molecule has 18 heavy (non-hydrogen) atoms. The molecule has 0 aromatic rings. The lowest BCUT2D eigenvalue weighted by atomic mass is 10.1. The fraction of sp³-hybridized carbons (Fsp3) is 0.929. The van der Waals surface area contributed by atoms with Crippen molar-refractivity contribution in [2.75, 3.05) is 32.7 Å². The van der Waals surface area contributed by atoms with Crippen LogP contribution in [0.1, 0.15) is 40.5 Å². The van der Waals surface area contributed by atoms with Crippen molar-refractivity contribution in [1.29, 1.82) is 0 Å². The molecule has 1 aliphatic heterocycles. The zero-order valence-electron chi connectivity index (χ0n) is 12.4. The van der Waals surface area contributed by atoms with Gasteiger partial charge in [0.05, 0.1) is 0 Å². The monoisotopic (exact) mass is 255 g/mol. The number of hydrogen-bond acceptors (Lipinski definition) is 2. The smallest absolute Gasteiger partial charge is 0.320 e. The van der Waals surface area contributed by atoms with Crippen LogP contribution in [0.2, 0.25) is 0 Å². The van der Waals surface area contributed by atoms with Crippen LogP contribution in [0.15, 0.2) is 0 Å². The molecule has 1 fully saturated rings. The van der Waals surface area contributed by atoms with Gasteiger partial charge in [0.15, 0.2) is 0 Å². The van der Waals surface area contributed by atoms with E-state index in [0.29, 0.717) is 12.0 Å². The number of piperazine rings is 1. The Bertz CT molecular complexity index is 245. The fourth-order valence-corrected chi connectivity index (χ4v) is 2.54. The first-order valence-electron chi connectivity index (χ1n) is 7.36. The lowest BCUT2D eigenvalue weighted by Gasteiger charge is -2.38. The molecule has 0 aromatic heterocycles. The number of carbonyl (C=O) groups excluding carboxylic acids is 1. The second kappa shape index (κ2) is 7.62. The van der Waals surface area contributed by atoms with Crippen LogP contribution >= 0.6 is 0 Å². The maximum absolute atomic E-state index is 12.6. The second-order valence-electron chi connectivity index (χ2n) is 5.54. The van der Waals surface area contributed by atoms with Gasteiger partial charge in [0.25, 0.3) is 0 Å². The summed E-state index contributed by atoms with van der Waals surface area (Å²) in [6.45, 7) is 13.1. The lowest BCUT2D eigenvalue weighted by Crippen LogP contribution is -2.54. The molecule has 106 valence electrons. The average molecular weight is 255 g/mol. The minimum Gasteiger partial charge on any atom is -0.322 e. The van der Waals surface area contributed by atoms with Crippen LogP contribution in [0.5, 0.6) is 0 Å². The highest BCUT2D eigenvalue weighted by Crippen LogP contribution is 2.14. The maximum Gasteiger partial charge on any atom is 0.320 e. The van der Waals surface area contributed by atoms with Gasteiger partial charge < -0.3 is 15.1 Å². The molecular weight excluding hydrogens is 226 g/mol. The summed E-state index contributed by atoms with van der Waals surface area (Å²) in [6, 6.07) is 0.619. The molecule has 1 aliphatic rings. The van der Waals surface area contributed by atoms with Gasteiger partial charge in [0.1, 0.15) is 0 Å². The summed E-state index contributed by atoms with van der Waals surface area (Å²) in [4.78, 5) is 16.7. The van der Waals surface area contributed by atoms with Crippen molar-refractivity contribution >= 4 is 6.03 Å². The summed E-state index contributed by atoms with van der Waals surface area (Å²) in [5.41, 5.74) is 0. The Morgan fingerprint density at radius 2 is 1.78 bits per heavy atom. The van der Waals surface area contributed by atoms with Gasteiger partial charge in [0, 0.05) is 38.8 Å². The standard InChI is InChI=1S/C14H29N3O/c1-5-13(6-2)17(11-12(3)4)14(18)16-9-7-15-8-10-16/h12-13,15H,5-11H2,1-4H3. The largest absolute Gasteiger partial charge is 0.322 e. The van der Waals surface area contributed by atoms with Gasteiger partial charge >= 0.3 is 6.03 Å². The molecule has 0 saturated carbocycles. The van der Waals surface area contributed by atoms with E-state index >= 15 is 0 Å². The van der Waals surface area contributed by atoms with E-state index < -0.39 is 0 Å². The van der Waals surface area contributed by atoms with E-state index in [1.165, 1.54) is 0 Å². The molecule has 0 aliphatic carbocycles. The number of urea groups is 1. The van der Waals surface area contributed by atoms with Crippen LogP contribution in [0.3, 0.4) is 0 Å². The number of carbonyl (C=O) groups is 1. The van der Waals surface area contributed by atoms with E-state index in [1.54, 1.807) is 0 Å². The molecule has 0 bridgehead atoms. The highest BCUT2D eigenvalue weighted by atomic mass is 16.2. The summed E-state index contributed by atoms with van der Waals surface area (Å²) < 4.78 is 0. The third kappa shape index (κ3) is 4.16. The number of nitrogens with one attached hydrogen (secondary N) is 1. The zero-order valence-corrected chi connectivity index (χ0v) is 12.4. The molecule has 4 heteroatoms. The molecule has 4 nitrogen and oxygen atoms in total. The number of amides is 2. The van der Waals surface area contributed by atoms with Crippen molar-refractivity contribution in [2.24, 2.45) is 5.92 Å². The minimum atomic E-state index is 0.235. The lowest BCUT2D eigenvalue weighted by molar-refractivity contribution is 0.117. The molecular formula is C14H29N3O. The van der Waals surface area contributed by atoms with Crippen molar-refractivity contribution in [3.8, 4) is 0 Å². The highest BCUT2D eigenvalue weighted by molar-refractivity contribution is 5.75. The predicted molar refractivity (Wildman–Crippen MR) is 75.8 cm³/mol. The Labute approximate surface area is 112 Å². The maximum atomic E-state index is 12.6. The number of nitrogens with zero attached hydrogens (tertiary/aromatic N) is 2. The van der Waals surface area contributed by atoms with Gasteiger partial charge in [-0.3, -0.25) is 0 Å². The molecule has 1 N–H and O–H groups in total. The Morgan fingerprint density at radius 1 is 1.22 bits per heavy atom. The third-order valence-electron chi connectivity index (χ3n) is 3.58. The van der Waals surface area contributed by atoms with Gasteiger partial charge in [-0.1, -0.05) is 27.7 Å². The second-order valence-corrected chi connectivity index (χ2v) is 5.54. The molecule has 1 heterocycles. The topological polar surface area (TPSA) is 35.6 Å². The normalized spacial score (nSPS) is 16.4. The van der Waals surface area contributed by atoms with Gasteiger partial charge in [-0.25, -0.2) is 4.79 Å². The van der Waals surface area contributed by atoms with Gasteiger partial charge in [-0.05, 0) is 18.8 Å². The first-order valence-corrected chi connectivity index (χ1v) is 7.36. The summed E-state index contributed by atoms with van der Waals surface area (Å²) >= 11 is 0. The molecule has 0 aromatic carbocycles. The minimum absolute atomic E-state index is 0.235. The molecule has 0 radical (unpaired) electrons. The molecule has 0 unspecified atom stereocenters. The van der Waals surface area contributed by atoms with Crippen LogP contribution in [0, 0.1) is 5.92 Å². The van der Waals surface area contributed by atoms with Crippen molar-refractivity contribution in [3.63, 3.8) is 0 Å². The summed E-state index contributed by atoms with van der Waals surface area (Å²) in [6.07, 6.45) is 2.09. The van der Waals surface area contributed by atoms with Gasteiger partial charge in [0.2, 0.25) is 0 Å². The van der Waals surface area contributed by atoms with Crippen LogP contribution in [0.4, 0.5) is 4.79 Å². The SMILES string of the molecule is CCC(CC)N(CC(C)C)C(=O)N1CCNCC1. The van der Waals surface area contributed by atoms with Crippen LogP contribution in [-0.4, -0.2) is 54.6 Å². The van der Waals surface area contributed by atoms with Crippen molar-refractivity contribution in [1.82, 2.24) is 15.1 Å². The van der Waals surface area contributed by atoms with E-state index in [9.17, 15) is 4.79 Å². The zero-order chi connectivity index (χ0) is 13.5. The Hall–Kier alpha value is -0.770. The van der Waals surface area contributed by atoms with Crippen molar-refractivity contribution in [2.45, 2.75) is 46.6 Å². The van der Waals surface area contributed by atoms with Crippen molar-refractivity contribution < 1.29 is 4.79 Å². The fourth-order valence-electron chi connectivity index (χ4n) is 2.54. The van der Waals surface area contributed by atoms with E-state index in [1.807, 2.05) is 4.90 Å². The molecule has 0 atom stereocenters. The number of hydrogen-bond donors (Lipinski definition) is 1. The first-order chi connectivity index (χ1) is 8.60. The van der Waals surface area contributed by atoms with E-state index in [4.69, 9.17) is 0 Å². The Kier molecular flexibility index (Phi) is 6.47. The van der Waals surface area contributed by atoms with E-state index in [-0.39, 0.29) is 6.03 Å². The van der Waals surface area contributed by atoms with E-state index in [2.05, 4.69) is 37.9 Å². The molecule has 1 saturated heterocycles. The number of rotatable bonds is 5. The molecule has 2 amide bonds. The van der Waals surface area contributed by atoms with Gasteiger partial charge in [-0.15, -0.1) is 0 Å². The third-order valence-corrected chi connectivity index (χ3v) is 3.58. The van der Waals surface area contributed by atoms with Gasteiger partial charge in [-0.2, -0.15) is 0 Å². The van der Waals surface area contributed by atoms with Crippen LogP contribution in [0.25, 0.3) is 0 Å². The highest BCUT2D eigenvalue weighted by Gasteiger charge is 2.27. The Balaban J connectivity index is 2.70. The summed E-state index contributed by atoms with van der Waals surface area (Å²) in [7, 11) is 0. The van der Waals surface area contributed by atoms with E-state index in [0.717, 1.165) is 45.6 Å². The van der Waals surface area contributed by atoms with Crippen LogP contribution < -0.4 is 5.32 Å².